The molecule has 1 spiro atoms. The Morgan fingerprint density at radius 3 is 2.61 bits per heavy atom. The van der Waals surface area contributed by atoms with Crippen molar-refractivity contribution in [3.63, 3.8) is 0 Å². The number of amides is 3. The number of ether oxygens (including phenoxy) is 2. The fraction of sp³-hybridized carbons (Fsp3) is 0.576. The number of nitrogens with zero attached hydrogens (tertiary/aromatic N) is 2. The maximum absolute atomic E-state index is 14.5. The van der Waals surface area contributed by atoms with Crippen LogP contribution in [0.25, 0.3) is 0 Å². The molecule has 2 bridgehead atoms. The quantitative estimate of drug-likeness (QED) is 0.153. The molecule has 1 aromatic rings. The summed E-state index contributed by atoms with van der Waals surface area (Å²) in [7, 11) is 0. The van der Waals surface area contributed by atoms with Crippen LogP contribution in [0, 0.1) is 11.8 Å². The van der Waals surface area contributed by atoms with Gasteiger partial charge in [-0.2, -0.15) is 0 Å². The summed E-state index contributed by atoms with van der Waals surface area (Å²) in [4.78, 5) is 57.5. The van der Waals surface area contributed by atoms with Crippen molar-refractivity contribution < 1.29 is 33.8 Å². The van der Waals surface area contributed by atoms with Crippen LogP contribution in [0.15, 0.2) is 49.6 Å². The Morgan fingerprint density at radius 1 is 1.20 bits per heavy atom. The molecule has 6 atom stereocenters. The summed E-state index contributed by atoms with van der Waals surface area (Å²) in [6.07, 6.45) is 6.84. The number of rotatable bonds is 17. The summed E-state index contributed by atoms with van der Waals surface area (Å²) >= 11 is 6.12. The van der Waals surface area contributed by atoms with Gasteiger partial charge >= 0.3 is 5.97 Å². The Balaban J connectivity index is 1.58. The van der Waals surface area contributed by atoms with E-state index in [1.807, 2.05) is 0 Å². The van der Waals surface area contributed by atoms with Gasteiger partial charge in [0.2, 0.25) is 11.8 Å². The van der Waals surface area contributed by atoms with Crippen molar-refractivity contribution >= 4 is 41.0 Å². The molecule has 3 aliphatic rings. The van der Waals surface area contributed by atoms with E-state index in [1.165, 1.54) is 0 Å². The lowest BCUT2D eigenvalue weighted by Gasteiger charge is -2.36. The molecule has 0 unspecified atom stereocenters. The van der Waals surface area contributed by atoms with Gasteiger partial charge in [-0.15, -0.1) is 13.2 Å². The number of unbranched alkanes of at least 4 members (excludes halogenated alkanes) is 3. The van der Waals surface area contributed by atoms with Gasteiger partial charge in [-0.05, 0) is 63.3 Å². The van der Waals surface area contributed by atoms with Crippen LogP contribution in [0.4, 0.5) is 5.69 Å². The third kappa shape index (κ3) is 7.03. The summed E-state index contributed by atoms with van der Waals surface area (Å²) in [6.45, 7) is 9.92. The molecule has 0 radical (unpaired) electrons. The van der Waals surface area contributed by atoms with E-state index in [9.17, 15) is 24.3 Å². The highest BCUT2D eigenvalue weighted by Crippen LogP contribution is 2.59. The summed E-state index contributed by atoms with van der Waals surface area (Å²) in [5.41, 5.74) is -0.552. The SMILES string of the molecule is C=CCCC(=O)NC[C@@H](C)OC(=O)[C@@H]1[C@@H]2CC[C@]3(O2)[C@H](C(=O)N(CC=C)c2ccc(Cl)cc2)N(CCCCCCO)C(=O)[C@@H]13. The highest BCUT2D eigenvalue weighted by atomic mass is 35.5. The smallest absolute Gasteiger partial charge is 0.312 e. The monoisotopic (exact) mass is 629 g/mol. The molecule has 3 saturated heterocycles. The van der Waals surface area contributed by atoms with Crippen molar-refractivity contribution in [2.45, 2.75) is 82.1 Å². The van der Waals surface area contributed by atoms with Crippen molar-refractivity contribution in [3.8, 4) is 0 Å². The average Bonchev–Trinajstić information content (AvgIpc) is 3.65. The lowest BCUT2D eigenvalue weighted by Crippen LogP contribution is -2.56. The topological polar surface area (TPSA) is 125 Å². The Kier molecular flexibility index (Phi) is 11.6. The zero-order valence-corrected chi connectivity index (χ0v) is 26.2. The number of anilines is 1. The van der Waals surface area contributed by atoms with Gasteiger partial charge in [0.25, 0.3) is 5.91 Å². The minimum atomic E-state index is -1.17. The number of hydrogen-bond acceptors (Lipinski definition) is 7. The first kappa shape index (κ1) is 33.7. The first-order valence-corrected chi connectivity index (χ1v) is 15.9. The Hall–Kier alpha value is -3.21. The van der Waals surface area contributed by atoms with Crippen molar-refractivity contribution in [2.24, 2.45) is 11.8 Å². The molecule has 4 rings (SSSR count). The summed E-state index contributed by atoms with van der Waals surface area (Å²) in [6, 6.07) is 5.97. The van der Waals surface area contributed by atoms with E-state index in [0.717, 1.165) is 12.8 Å². The van der Waals surface area contributed by atoms with Crippen LogP contribution in [0.5, 0.6) is 0 Å². The molecule has 240 valence electrons. The number of allylic oxidation sites excluding steroid dienone is 1. The highest BCUT2D eigenvalue weighted by molar-refractivity contribution is 6.30. The molecule has 1 aromatic carbocycles. The number of fused-ring (bicyclic) bond motifs is 1. The van der Waals surface area contributed by atoms with Crippen molar-refractivity contribution in [2.75, 3.05) is 31.1 Å². The fourth-order valence-corrected chi connectivity index (χ4v) is 6.93. The van der Waals surface area contributed by atoms with Crippen LogP contribution >= 0.6 is 11.6 Å². The van der Waals surface area contributed by atoms with Crippen LogP contribution in [0.3, 0.4) is 0 Å². The average molecular weight is 630 g/mol. The van der Waals surface area contributed by atoms with Crippen LogP contribution in [0.1, 0.15) is 58.3 Å². The molecule has 0 saturated carbocycles. The number of nitrogens with one attached hydrogen (secondary N) is 1. The van der Waals surface area contributed by atoms with Gasteiger partial charge in [0.1, 0.15) is 17.7 Å². The van der Waals surface area contributed by atoms with E-state index in [-0.39, 0.29) is 37.4 Å². The third-order valence-electron chi connectivity index (χ3n) is 8.81. The van der Waals surface area contributed by atoms with Gasteiger partial charge in [-0.1, -0.05) is 36.6 Å². The lowest BCUT2D eigenvalue weighted by molar-refractivity contribution is -0.159. The van der Waals surface area contributed by atoms with Crippen LogP contribution in [0.2, 0.25) is 5.02 Å². The van der Waals surface area contributed by atoms with Gasteiger partial charge in [0, 0.05) is 36.8 Å². The maximum atomic E-state index is 14.5. The van der Waals surface area contributed by atoms with E-state index in [0.29, 0.717) is 55.8 Å². The van der Waals surface area contributed by atoms with Crippen molar-refractivity contribution in [3.05, 3.63) is 54.6 Å². The number of esters is 1. The molecule has 2 N–H and O–H groups in total. The predicted octanol–water partition coefficient (Wildman–Crippen LogP) is 3.80. The second-order valence-corrected chi connectivity index (χ2v) is 12.3. The number of halogens is 1. The molecular weight excluding hydrogens is 586 g/mol. The standard InChI is InChI=1S/C33H44ClN3O7/c1-4-6-11-26(39)35-21-22(3)43-32(42)27-25-16-17-33(44-25)28(27)30(40)37(19-9-7-8-10-20-38)29(33)31(41)36(18-5-2)24-14-12-23(34)13-15-24/h4-5,12-15,22,25,27-29,38H,1-2,6-11,16-21H2,3H3,(H,35,39)/t22-,25+,27-,28-,29+,33-/m1/s1. The molecule has 10 nitrogen and oxygen atoms in total. The number of carbonyl (C=O) groups is 4. The normalized spacial score (nSPS) is 25.8. The van der Waals surface area contributed by atoms with Crippen LogP contribution < -0.4 is 10.2 Å². The summed E-state index contributed by atoms with van der Waals surface area (Å²) in [5.74, 6) is -3.02. The van der Waals surface area contributed by atoms with E-state index in [4.69, 9.17) is 21.1 Å². The van der Waals surface area contributed by atoms with Gasteiger partial charge in [0.05, 0.1) is 24.5 Å². The van der Waals surface area contributed by atoms with E-state index in [1.54, 1.807) is 53.1 Å². The zero-order chi connectivity index (χ0) is 31.9. The first-order chi connectivity index (χ1) is 21.2. The van der Waals surface area contributed by atoms with Gasteiger partial charge < -0.3 is 29.7 Å². The molecule has 3 aliphatic heterocycles. The number of benzene rings is 1. The summed E-state index contributed by atoms with van der Waals surface area (Å²) in [5, 5.41) is 12.5. The summed E-state index contributed by atoms with van der Waals surface area (Å²) < 4.78 is 12.3. The molecule has 0 aromatic heterocycles. The largest absolute Gasteiger partial charge is 0.460 e. The number of aliphatic hydroxyl groups is 1. The number of carbonyl (C=O) groups excluding carboxylic acids is 4. The zero-order valence-electron chi connectivity index (χ0n) is 25.4. The second kappa shape index (κ2) is 15.2. The number of hydrogen-bond donors (Lipinski definition) is 2. The molecule has 3 amide bonds. The molecule has 44 heavy (non-hydrogen) atoms. The van der Waals surface area contributed by atoms with Crippen LogP contribution in [-0.2, 0) is 28.7 Å². The number of likely N-dealkylation sites (tertiary alicyclic amines) is 1. The third-order valence-corrected chi connectivity index (χ3v) is 9.06. The molecular formula is C33H44ClN3O7. The van der Waals surface area contributed by atoms with E-state index in [2.05, 4.69) is 18.5 Å². The highest BCUT2D eigenvalue weighted by Gasteiger charge is 2.75. The van der Waals surface area contributed by atoms with Gasteiger partial charge in [0.15, 0.2) is 0 Å². The van der Waals surface area contributed by atoms with Crippen LogP contribution in [-0.4, -0.2) is 83.8 Å². The van der Waals surface area contributed by atoms with E-state index >= 15 is 0 Å². The second-order valence-electron chi connectivity index (χ2n) is 11.8. The molecule has 3 fully saturated rings. The fourth-order valence-electron chi connectivity index (χ4n) is 6.81. The minimum absolute atomic E-state index is 0.0997. The molecule has 11 heteroatoms. The lowest BCUT2D eigenvalue weighted by atomic mass is 9.70. The van der Waals surface area contributed by atoms with Crippen molar-refractivity contribution in [1.82, 2.24) is 10.2 Å². The number of aliphatic hydroxyl groups excluding tert-OH is 1. The maximum Gasteiger partial charge on any atom is 0.312 e. The van der Waals surface area contributed by atoms with Gasteiger partial charge in [-0.3, -0.25) is 19.2 Å². The Labute approximate surface area is 264 Å². The molecule has 3 heterocycles. The van der Waals surface area contributed by atoms with Gasteiger partial charge in [-0.25, -0.2) is 0 Å². The molecule has 0 aliphatic carbocycles. The Bertz CT molecular complexity index is 1220. The minimum Gasteiger partial charge on any atom is -0.460 e. The predicted molar refractivity (Wildman–Crippen MR) is 167 cm³/mol. The Morgan fingerprint density at radius 2 is 1.93 bits per heavy atom. The first-order valence-electron chi connectivity index (χ1n) is 15.5. The van der Waals surface area contributed by atoms with Crippen molar-refractivity contribution in [1.29, 1.82) is 0 Å². The van der Waals surface area contributed by atoms with E-state index < -0.39 is 41.7 Å².